The minimum atomic E-state index is 0.793. The van der Waals surface area contributed by atoms with Crippen molar-refractivity contribution in [3.8, 4) is 0 Å². The predicted molar refractivity (Wildman–Crippen MR) is 221 cm³/mol. The standard InChI is InChI=1S/C46H42N2.C2H6/c1-4-6-9-17-36(3)48(46-26-16-22-40-20-14-15-25-45(40)46)44-33-29-39(30-34-44)38-27-31-43(32-28-38)47(42-23-10-8-11-24-42)35-41-21-13-12-19-37(41)18-7-5-2;1-2/h4-27,29-31,33-34H,2-3,28,32,35H2,1H3;1-2H3/b6-4-,17-9-,18-7-;. The van der Waals surface area contributed by atoms with Gasteiger partial charge in [0.15, 0.2) is 0 Å². The van der Waals surface area contributed by atoms with Crippen molar-refractivity contribution >= 4 is 39.5 Å². The zero-order valence-corrected chi connectivity index (χ0v) is 29.7. The van der Waals surface area contributed by atoms with Gasteiger partial charge < -0.3 is 9.80 Å². The molecule has 0 bridgehead atoms. The van der Waals surface area contributed by atoms with Crippen molar-refractivity contribution in [2.24, 2.45) is 0 Å². The lowest BCUT2D eigenvalue weighted by Gasteiger charge is -2.30. The monoisotopic (exact) mass is 652 g/mol. The smallest absolute Gasteiger partial charge is 0.0539 e. The van der Waals surface area contributed by atoms with E-state index in [0.717, 1.165) is 36.5 Å². The summed E-state index contributed by atoms with van der Waals surface area (Å²) < 4.78 is 0. The summed E-state index contributed by atoms with van der Waals surface area (Å²) in [4.78, 5) is 4.70. The van der Waals surface area contributed by atoms with E-state index in [1.165, 1.54) is 44.4 Å². The third-order valence-corrected chi connectivity index (χ3v) is 8.72. The molecule has 0 N–H and O–H groups in total. The van der Waals surface area contributed by atoms with Crippen LogP contribution in [0.25, 0.3) is 22.4 Å². The molecule has 2 heteroatoms. The highest BCUT2D eigenvalue weighted by molar-refractivity contribution is 5.97. The average molecular weight is 653 g/mol. The van der Waals surface area contributed by atoms with E-state index < -0.39 is 0 Å². The maximum Gasteiger partial charge on any atom is 0.0539 e. The minimum Gasteiger partial charge on any atom is -0.341 e. The molecule has 0 heterocycles. The molecule has 0 atom stereocenters. The Labute approximate surface area is 299 Å². The van der Waals surface area contributed by atoms with Gasteiger partial charge in [-0.1, -0.05) is 161 Å². The third kappa shape index (κ3) is 8.59. The summed E-state index contributed by atoms with van der Waals surface area (Å²) in [7, 11) is 0. The first-order valence-corrected chi connectivity index (χ1v) is 17.6. The van der Waals surface area contributed by atoms with Crippen molar-refractivity contribution in [1.82, 2.24) is 0 Å². The average Bonchev–Trinajstić information content (AvgIpc) is 3.18. The Hall–Kier alpha value is -5.86. The van der Waals surface area contributed by atoms with E-state index in [1.807, 2.05) is 51.2 Å². The zero-order valence-electron chi connectivity index (χ0n) is 29.7. The van der Waals surface area contributed by atoms with Gasteiger partial charge in [-0.3, -0.25) is 0 Å². The van der Waals surface area contributed by atoms with Gasteiger partial charge in [-0.15, -0.1) is 0 Å². The molecule has 0 fully saturated rings. The van der Waals surface area contributed by atoms with Crippen LogP contribution >= 0.6 is 0 Å². The van der Waals surface area contributed by atoms with E-state index in [1.54, 1.807) is 0 Å². The second kappa shape index (κ2) is 18.1. The number of nitrogens with zero attached hydrogens (tertiary/aromatic N) is 2. The molecule has 5 aromatic carbocycles. The van der Waals surface area contributed by atoms with Crippen LogP contribution in [0.15, 0.2) is 194 Å². The number of fused-ring (bicyclic) bond motifs is 1. The summed E-state index contributed by atoms with van der Waals surface area (Å²) in [6, 6.07) is 43.2. The van der Waals surface area contributed by atoms with Gasteiger partial charge in [-0.2, -0.15) is 0 Å². The molecule has 1 aliphatic rings. The summed E-state index contributed by atoms with van der Waals surface area (Å²) in [5, 5.41) is 2.40. The Morgan fingerprint density at radius 3 is 2.16 bits per heavy atom. The Balaban J connectivity index is 0.00000239. The number of para-hydroxylation sites is 1. The lowest BCUT2D eigenvalue weighted by atomic mass is 9.94. The normalized spacial score (nSPS) is 12.8. The first kappa shape index (κ1) is 35.4. The summed E-state index contributed by atoms with van der Waals surface area (Å²) >= 11 is 0. The van der Waals surface area contributed by atoms with E-state index in [9.17, 15) is 0 Å². The van der Waals surface area contributed by atoms with Crippen LogP contribution in [0.3, 0.4) is 0 Å². The van der Waals surface area contributed by atoms with Gasteiger partial charge in [0.05, 0.1) is 5.69 Å². The second-order valence-electron chi connectivity index (χ2n) is 11.8. The molecule has 5 aromatic rings. The van der Waals surface area contributed by atoms with Gasteiger partial charge in [0.1, 0.15) is 0 Å². The van der Waals surface area contributed by atoms with E-state index in [4.69, 9.17) is 0 Å². The SMILES string of the molecule is C=C/C=C\c1ccccc1CN(C1=CC=C(c2ccc(N(C(=C)/C=C\C=C/C)c3cccc4ccccc34)cc2)CC1)c1ccccc1.CC. The highest BCUT2D eigenvalue weighted by Crippen LogP contribution is 2.37. The summed E-state index contributed by atoms with van der Waals surface area (Å²) in [5.74, 6) is 0. The van der Waals surface area contributed by atoms with E-state index in [2.05, 4.69) is 169 Å². The quantitative estimate of drug-likeness (QED) is 0.124. The predicted octanol–water partition coefficient (Wildman–Crippen LogP) is 13.6. The Morgan fingerprint density at radius 1 is 0.700 bits per heavy atom. The highest BCUT2D eigenvalue weighted by atomic mass is 15.1. The number of hydrogen-bond acceptors (Lipinski definition) is 2. The third-order valence-electron chi connectivity index (χ3n) is 8.72. The summed E-state index contributed by atoms with van der Waals surface area (Å²) in [6.07, 6.45) is 20.7. The molecule has 0 aromatic heterocycles. The van der Waals surface area contributed by atoms with Crippen LogP contribution in [0.1, 0.15) is 50.3 Å². The topological polar surface area (TPSA) is 6.48 Å². The number of benzene rings is 5. The summed E-state index contributed by atoms with van der Waals surface area (Å²) in [5.41, 5.74) is 10.7. The molecule has 2 nitrogen and oxygen atoms in total. The highest BCUT2D eigenvalue weighted by Gasteiger charge is 2.19. The van der Waals surface area contributed by atoms with Gasteiger partial charge in [0, 0.05) is 34.7 Å². The first-order chi connectivity index (χ1) is 24.7. The van der Waals surface area contributed by atoms with Crippen molar-refractivity contribution in [1.29, 1.82) is 0 Å². The van der Waals surface area contributed by atoms with Crippen LogP contribution in [-0.2, 0) is 6.54 Å². The van der Waals surface area contributed by atoms with Gasteiger partial charge in [0.25, 0.3) is 0 Å². The van der Waals surface area contributed by atoms with Gasteiger partial charge in [0.2, 0.25) is 0 Å². The molecule has 0 amide bonds. The lowest BCUT2D eigenvalue weighted by Crippen LogP contribution is -2.23. The maximum atomic E-state index is 4.47. The zero-order chi connectivity index (χ0) is 35.1. The Morgan fingerprint density at radius 2 is 1.42 bits per heavy atom. The van der Waals surface area contributed by atoms with Crippen molar-refractivity contribution in [3.05, 3.63) is 211 Å². The largest absolute Gasteiger partial charge is 0.341 e. The maximum absolute atomic E-state index is 4.47. The molecule has 250 valence electrons. The van der Waals surface area contributed by atoms with Crippen LogP contribution < -0.4 is 9.80 Å². The number of anilines is 3. The molecule has 0 unspecified atom stereocenters. The number of allylic oxidation sites excluding steroid dienone is 10. The van der Waals surface area contributed by atoms with Crippen LogP contribution in [0.4, 0.5) is 17.1 Å². The fourth-order valence-corrected chi connectivity index (χ4v) is 6.28. The fraction of sp³-hybridized carbons (Fsp3) is 0.125. The molecule has 50 heavy (non-hydrogen) atoms. The van der Waals surface area contributed by atoms with E-state index in [-0.39, 0.29) is 0 Å². The molecular weight excluding hydrogens is 605 g/mol. The molecule has 1 aliphatic carbocycles. The first-order valence-electron chi connectivity index (χ1n) is 17.6. The molecule has 0 spiro atoms. The molecule has 0 saturated carbocycles. The number of hydrogen-bond donors (Lipinski definition) is 0. The van der Waals surface area contributed by atoms with Gasteiger partial charge in [-0.05, 0) is 89.9 Å². The molecule has 0 saturated heterocycles. The lowest BCUT2D eigenvalue weighted by molar-refractivity contribution is 0.830. The molecular formula is C48H48N2. The van der Waals surface area contributed by atoms with Crippen LogP contribution in [-0.4, -0.2) is 0 Å². The fourth-order valence-electron chi connectivity index (χ4n) is 6.28. The van der Waals surface area contributed by atoms with Crippen molar-refractivity contribution < 1.29 is 0 Å². The van der Waals surface area contributed by atoms with E-state index >= 15 is 0 Å². The van der Waals surface area contributed by atoms with Crippen LogP contribution in [0, 0.1) is 0 Å². The Bertz CT molecular complexity index is 2030. The minimum absolute atomic E-state index is 0.793. The van der Waals surface area contributed by atoms with E-state index in [0.29, 0.717) is 0 Å². The molecule has 0 aliphatic heterocycles. The molecule has 6 rings (SSSR count). The second-order valence-corrected chi connectivity index (χ2v) is 11.8. The van der Waals surface area contributed by atoms with Crippen LogP contribution in [0.5, 0.6) is 0 Å². The van der Waals surface area contributed by atoms with Gasteiger partial charge >= 0.3 is 0 Å². The number of rotatable bonds is 12. The van der Waals surface area contributed by atoms with Crippen molar-refractivity contribution in [2.45, 2.75) is 40.2 Å². The van der Waals surface area contributed by atoms with Crippen molar-refractivity contribution in [3.63, 3.8) is 0 Å². The van der Waals surface area contributed by atoms with Crippen LogP contribution in [0.2, 0.25) is 0 Å². The summed E-state index contributed by atoms with van der Waals surface area (Å²) in [6.45, 7) is 15.1. The van der Waals surface area contributed by atoms with Crippen molar-refractivity contribution in [2.75, 3.05) is 9.80 Å². The Kier molecular flexibility index (Phi) is 12.8. The molecule has 0 radical (unpaired) electrons. The van der Waals surface area contributed by atoms with Gasteiger partial charge in [-0.25, -0.2) is 0 Å².